The zero-order chi connectivity index (χ0) is 15.1. The van der Waals surface area contributed by atoms with Crippen LogP contribution in [-0.4, -0.2) is 32.8 Å². The number of benzene rings is 1. The highest BCUT2D eigenvalue weighted by Gasteiger charge is 2.10. The van der Waals surface area contributed by atoms with Crippen molar-refractivity contribution in [2.75, 3.05) is 26.9 Å². The standard InChI is InChI=1S/C16H21NO4/c1-3-20-8-4-7-17-16(18)9-12-11-21-15-10-13(19-2)5-6-14(12)15/h5-6,10-11H,3-4,7-9H2,1-2H3,(H,17,18). The first-order chi connectivity index (χ1) is 10.2. The Balaban J connectivity index is 1.89. The van der Waals surface area contributed by atoms with E-state index in [4.69, 9.17) is 13.9 Å². The summed E-state index contributed by atoms with van der Waals surface area (Å²) in [6.45, 7) is 3.96. The maximum absolute atomic E-state index is 11.9. The fourth-order valence-corrected chi connectivity index (χ4v) is 2.11. The number of carbonyl (C=O) groups is 1. The largest absolute Gasteiger partial charge is 0.497 e. The van der Waals surface area contributed by atoms with Gasteiger partial charge in [0.2, 0.25) is 5.91 Å². The fraction of sp³-hybridized carbons (Fsp3) is 0.438. The molecule has 0 atom stereocenters. The highest BCUT2D eigenvalue weighted by molar-refractivity contribution is 5.88. The minimum atomic E-state index is -0.00924. The number of carbonyl (C=O) groups excluding carboxylic acids is 1. The number of fused-ring (bicyclic) bond motifs is 1. The Bertz CT molecular complexity index is 591. The van der Waals surface area contributed by atoms with Crippen molar-refractivity contribution in [1.82, 2.24) is 5.32 Å². The molecule has 0 unspecified atom stereocenters. The minimum absolute atomic E-state index is 0.00924. The third kappa shape index (κ3) is 4.23. The van der Waals surface area contributed by atoms with E-state index in [9.17, 15) is 4.79 Å². The molecule has 1 aromatic carbocycles. The van der Waals surface area contributed by atoms with Crippen molar-refractivity contribution in [2.24, 2.45) is 0 Å². The van der Waals surface area contributed by atoms with Gasteiger partial charge < -0.3 is 19.2 Å². The minimum Gasteiger partial charge on any atom is -0.497 e. The molecule has 5 nitrogen and oxygen atoms in total. The second kappa shape index (κ2) is 7.69. The molecule has 2 rings (SSSR count). The normalized spacial score (nSPS) is 10.8. The molecule has 0 radical (unpaired) electrons. The number of methoxy groups -OCH3 is 1. The highest BCUT2D eigenvalue weighted by Crippen LogP contribution is 2.25. The van der Waals surface area contributed by atoms with E-state index >= 15 is 0 Å². The van der Waals surface area contributed by atoms with Crippen molar-refractivity contribution >= 4 is 16.9 Å². The van der Waals surface area contributed by atoms with Gasteiger partial charge in [-0.2, -0.15) is 0 Å². The molecule has 1 N–H and O–H groups in total. The van der Waals surface area contributed by atoms with Gasteiger partial charge in [-0.25, -0.2) is 0 Å². The molecule has 0 aliphatic rings. The molecular formula is C16H21NO4. The molecule has 0 saturated heterocycles. The Labute approximate surface area is 124 Å². The molecule has 0 aliphatic carbocycles. The molecule has 1 amide bonds. The van der Waals surface area contributed by atoms with Crippen LogP contribution in [0.1, 0.15) is 18.9 Å². The van der Waals surface area contributed by atoms with Gasteiger partial charge in [-0.05, 0) is 25.5 Å². The number of hydrogen-bond donors (Lipinski definition) is 1. The van der Waals surface area contributed by atoms with E-state index in [1.54, 1.807) is 13.4 Å². The summed E-state index contributed by atoms with van der Waals surface area (Å²) in [6, 6.07) is 5.59. The van der Waals surface area contributed by atoms with Gasteiger partial charge in [0.15, 0.2) is 0 Å². The Morgan fingerprint density at radius 2 is 2.24 bits per heavy atom. The number of rotatable bonds is 8. The Morgan fingerprint density at radius 1 is 1.38 bits per heavy atom. The van der Waals surface area contributed by atoms with Crippen molar-refractivity contribution in [2.45, 2.75) is 19.8 Å². The van der Waals surface area contributed by atoms with E-state index in [2.05, 4.69) is 5.32 Å². The second-order valence-electron chi connectivity index (χ2n) is 4.70. The van der Waals surface area contributed by atoms with Crippen molar-refractivity contribution in [1.29, 1.82) is 0 Å². The number of hydrogen-bond acceptors (Lipinski definition) is 4. The molecule has 1 heterocycles. The lowest BCUT2D eigenvalue weighted by Gasteiger charge is -2.04. The molecule has 0 aliphatic heterocycles. The van der Waals surface area contributed by atoms with Crippen LogP contribution < -0.4 is 10.1 Å². The topological polar surface area (TPSA) is 60.7 Å². The van der Waals surface area contributed by atoms with E-state index in [0.717, 1.165) is 28.7 Å². The fourth-order valence-electron chi connectivity index (χ4n) is 2.11. The molecule has 5 heteroatoms. The Morgan fingerprint density at radius 3 is 3.00 bits per heavy atom. The van der Waals surface area contributed by atoms with Gasteiger partial charge in [0.25, 0.3) is 0 Å². The molecule has 0 saturated carbocycles. The Kier molecular flexibility index (Phi) is 5.63. The van der Waals surface area contributed by atoms with E-state index in [1.165, 1.54) is 0 Å². The van der Waals surface area contributed by atoms with Gasteiger partial charge in [-0.15, -0.1) is 0 Å². The third-order valence-electron chi connectivity index (χ3n) is 3.21. The van der Waals surface area contributed by atoms with Crippen molar-refractivity contribution in [3.63, 3.8) is 0 Å². The quantitative estimate of drug-likeness (QED) is 0.759. The van der Waals surface area contributed by atoms with Crippen LogP contribution in [0.4, 0.5) is 0 Å². The van der Waals surface area contributed by atoms with Crippen LogP contribution in [0.15, 0.2) is 28.9 Å². The first kappa shape index (κ1) is 15.4. The van der Waals surface area contributed by atoms with Crippen LogP contribution in [0.2, 0.25) is 0 Å². The van der Waals surface area contributed by atoms with Crippen LogP contribution in [0, 0.1) is 0 Å². The summed E-state index contributed by atoms with van der Waals surface area (Å²) in [6.07, 6.45) is 2.76. The highest BCUT2D eigenvalue weighted by atomic mass is 16.5. The number of ether oxygens (including phenoxy) is 2. The van der Waals surface area contributed by atoms with E-state index in [0.29, 0.717) is 26.2 Å². The van der Waals surface area contributed by atoms with Crippen LogP contribution in [0.25, 0.3) is 11.0 Å². The maximum Gasteiger partial charge on any atom is 0.224 e. The average molecular weight is 291 g/mol. The summed E-state index contributed by atoms with van der Waals surface area (Å²) in [5, 5.41) is 3.83. The van der Waals surface area contributed by atoms with Crippen molar-refractivity contribution in [3.05, 3.63) is 30.0 Å². The van der Waals surface area contributed by atoms with Gasteiger partial charge in [0, 0.05) is 36.8 Å². The predicted molar refractivity (Wildman–Crippen MR) is 80.6 cm³/mol. The summed E-state index contributed by atoms with van der Waals surface area (Å²) in [4.78, 5) is 11.9. The number of amides is 1. The van der Waals surface area contributed by atoms with Crippen LogP contribution in [0.3, 0.4) is 0 Å². The predicted octanol–water partition coefficient (Wildman–Crippen LogP) is 2.53. The monoisotopic (exact) mass is 291 g/mol. The number of nitrogens with one attached hydrogen (secondary N) is 1. The van der Waals surface area contributed by atoms with E-state index in [-0.39, 0.29) is 5.91 Å². The number of furan rings is 1. The van der Waals surface area contributed by atoms with Gasteiger partial charge in [0.05, 0.1) is 19.8 Å². The Hall–Kier alpha value is -2.01. The van der Waals surface area contributed by atoms with Crippen LogP contribution in [-0.2, 0) is 16.0 Å². The first-order valence-corrected chi connectivity index (χ1v) is 7.13. The zero-order valence-electron chi connectivity index (χ0n) is 12.5. The summed E-state index contributed by atoms with van der Waals surface area (Å²) in [5.41, 5.74) is 1.61. The lowest BCUT2D eigenvalue weighted by molar-refractivity contribution is -0.120. The first-order valence-electron chi connectivity index (χ1n) is 7.13. The average Bonchev–Trinajstić information content (AvgIpc) is 2.89. The third-order valence-corrected chi connectivity index (χ3v) is 3.21. The second-order valence-corrected chi connectivity index (χ2v) is 4.70. The van der Waals surface area contributed by atoms with Gasteiger partial charge in [0.1, 0.15) is 11.3 Å². The molecule has 114 valence electrons. The van der Waals surface area contributed by atoms with Crippen molar-refractivity contribution in [3.8, 4) is 5.75 Å². The molecule has 2 aromatic rings. The summed E-state index contributed by atoms with van der Waals surface area (Å²) in [5.74, 6) is 0.730. The lowest BCUT2D eigenvalue weighted by atomic mass is 10.1. The summed E-state index contributed by atoms with van der Waals surface area (Å²) in [7, 11) is 1.61. The molecule has 0 fully saturated rings. The zero-order valence-corrected chi connectivity index (χ0v) is 12.5. The molecule has 21 heavy (non-hydrogen) atoms. The van der Waals surface area contributed by atoms with Crippen molar-refractivity contribution < 1.29 is 18.7 Å². The van der Waals surface area contributed by atoms with E-state index < -0.39 is 0 Å². The summed E-state index contributed by atoms with van der Waals surface area (Å²) >= 11 is 0. The lowest BCUT2D eigenvalue weighted by Crippen LogP contribution is -2.26. The molecule has 1 aromatic heterocycles. The van der Waals surface area contributed by atoms with E-state index in [1.807, 2.05) is 25.1 Å². The maximum atomic E-state index is 11.9. The molecule has 0 bridgehead atoms. The van der Waals surface area contributed by atoms with Gasteiger partial charge in [-0.1, -0.05) is 0 Å². The van der Waals surface area contributed by atoms with Crippen LogP contribution >= 0.6 is 0 Å². The SMILES string of the molecule is CCOCCCNC(=O)Cc1coc2cc(OC)ccc12. The van der Waals surface area contributed by atoms with Gasteiger partial charge in [-0.3, -0.25) is 4.79 Å². The molecular weight excluding hydrogens is 270 g/mol. The molecule has 0 spiro atoms. The van der Waals surface area contributed by atoms with Crippen LogP contribution in [0.5, 0.6) is 5.75 Å². The summed E-state index contributed by atoms with van der Waals surface area (Å²) < 4.78 is 15.8. The van der Waals surface area contributed by atoms with Gasteiger partial charge >= 0.3 is 0 Å². The smallest absolute Gasteiger partial charge is 0.224 e.